The number of nitrogens with one attached hydrogen (secondary N) is 1. The highest BCUT2D eigenvalue weighted by molar-refractivity contribution is 7.89. The highest BCUT2D eigenvalue weighted by Crippen LogP contribution is 2.24. The number of amides is 1. The van der Waals surface area contributed by atoms with Crippen molar-refractivity contribution >= 4 is 27.5 Å². The van der Waals surface area contributed by atoms with E-state index in [1.54, 1.807) is 0 Å². The summed E-state index contributed by atoms with van der Waals surface area (Å²) in [5, 5.41) is 3.13. The van der Waals surface area contributed by atoms with Gasteiger partial charge >= 0.3 is 0 Å². The van der Waals surface area contributed by atoms with Crippen LogP contribution in [0, 0.1) is 0 Å². The molecule has 162 valence electrons. The van der Waals surface area contributed by atoms with Crippen molar-refractivity contribution in [2.45, 2.75) is 10.9 Å². The lowest BCUT2D eigenvalue weighted by molar-refractivity contribution is 0.0162. The third kappa shape index (κ3) is 5.19. The van der Waals surface area contributed by atoms with E-state index in [9.17, 15) is 13.2 Å². The number of hydrogen-bond acceptors (Lipinski definition) is 5. The summed E-state index contributed by atoms with van der Waals surface area (Å²) in [5.74, 6) is -0.412. The minimum Gasteiger partial charge on any atom is -0.379 e. The van der Waals surface area contributed by atoms with Gasteiger partial charge in [-0.15, -0.1) is 0 Å². The molecule has 7 nitrogen and oxygen atoms in total. The van der Waals surface area contributed by atoms with E-state index in [-0.39, 0.29) is 21.5 Å². The fourth-order valence-electron chi connectivity index (χ4n) is 3.36. The van der Waals surface area contributed by atoms with E-state index < -0.39 is 15.9 Å². The number of benzene rings is 2. The maximum absolute atomic E-state index is 12.9. The third-order valence-electron chi connectivity index (χ3n) is 5.09. The minimum atomic E-state index is -3.67. The Morgan fingerprint density at radius 3 is 2.47 bits per heavy atom. The number of halogens is 1. The van der Waals surface area contributed by atoms with E-state index in [4.69, 9.17) is 16.3 Å². The Kier molecular flexibility index (Phi) is 7.49. The predicted octanol–water partition coefficient (Wildman–Crippen LogP) is 2.39. The van der Waals surface area contributed by atoms with Crippen LogP contribution in [0.4, 0.5) is 0 Å². The molecule has 3 rings (SSSR count). The largest absolute Gasteiger partial charge is 0.379 e. The van der Waals surface area contributed by atoms with Crippen LogP contribution in [0.15, 0.2) is 53.4 Å². The van der Waals surface area contributed by atoms with Gasteiger partial charge in [0.2, 0.25) is 10.0 Å². The van der Waals surface area contributed by atoms with Crippen molar-refractivity contribution in [2.24, 2.45) is 0 Å². The highest BCUT2D eigenvalue weighted by Gasteiger charge is 2.25. The second-order valence-corrected chi connectivity index (χ2v) is 9.77. The molecule has 0 bridgehead atoms. The number of carbonyl (C=O) groups excluding carboxylic acids is 1. The first-order valence-corrected chi connectivity index (χ1v) is 11.5. The fourth-order valence-corrected chi connectivity index (χ4v) is 4.49. The van der Waals surface area contributed by atoms with Crippen LogP contribution in [0.5, 0.6) is 0 Å². The molecule has 0 aromatic heterocycles. The van der Waals surface area contributed by atoms with Gasteiger partial charge in [0.15, 0.2) is 0 Å². The molecule has 30 heavy (non-hydrogen) atoms. The zero-order valence-electron chi connectivity index (χ0n) is 17.0. The van der Waals surface area contributed by atoms with Crippen LogP contribution in [0.25, 0.3) is 0 Å². The van der Waals surface area contributed by atoms with Gasteiger partial charge in [-0.25, -0.2) is 12.7 Å². The van der Waals surface area contributed by atoms with Crippen LogP contribution in [0.2, 0.25) is 5.02 Å². The number of carbonyl (C=O) groups is 1. The second-order valence-electron chi connectivity index (χ2n) is 7.21. The predicted molar refractivity (Wildman–Crippen MR) is 116 cm³/mol. The molecule has 2 aromatic carbocycles. The Balaban J connectivity index is 1.80. The van der Waals surface area contributed by atoms with Gasteiger partial charge in [-0.2, -0.15) is 0 Å². The van der Waals surface area contributed by atoms with E-state index in [0.29, 0.717) is 19.8 Å². The number of rotatable bonds is 7. The zero-order chi connectivity index (χ0) is 21.7. The Morgan fingerprint density at radius 2 is 1.83 bits per heavy atom. The number of sulfonamides is 1. The summed E-state index contributed by atoms with van der Waals surface area (Å²) in [4.78, 5) is 15.2. The smallest absolute Gasteiger partial charge is 0.252 e. The van der Waals surface area contributed by atoms with Crippen molar-refractivity contribution in [2.75, 3.05) is 46.9 Å². The van der Waals surface area contributed by atoms with Gasteiger partial charge in [-0.05, 0) is 23.8 Å². The average molecular weight is 452 g/mol. The maximum atomic E-state index is 12.9. The summed E-state index contributed by atoms with van der Waals surface area (Å²) >= 11 is 6.21. The summed E-state index contributed by atoms with van der Waals surface area (Å²) in [5.41, 5.74) is 1.23. The zero-order valence-corrected chi connectivity index (χ0v) is 18.6. The van der Waals surface area contributed by atoms with Crippen LogP contribution in [0.1, 0.15) is 22.0 Å². The lowest BCUT2D eigenvalue weighted by Gasteiger charge is -2.35. The van der Waals surface area contributed by atoms with Crippen molar-refractivity contribution < 1.29 is 17.9 Å². The monoisotopic (exact) mass is 451 g/mol. The molecule has 0 spiro atoms. The van der Waals surface area contributed by atoms with Gasteiger partial charge in [0.25, 0.3) is 5.91 Å². The lowest BCUT2D eigenvalue weighted by Crippen LogP contribution is -2.43. The molecule has 1 aliphatic heterocycles. The highest BCUT2D eigenvalue weighted by atomic mass is 35.5. The molecular weight excluding hydrogens is 426 g/mol. The molecule has 0 aliphatic carbocycles. The van der Waals surface area contributed by atoms with Gasteiger partial charge in [0, 0.05) is 33.7 Å². The minimum absolute atomic E-state index is 0.0217. The molecule has 0 radical (unpaired) electrons. The van der Waals surface area contributed by atoms with E-state index in [0.717, 1.165) is 23.0 Å². The fraction of sp³-hybridized carbons (Fsp3) is 0.381. The standard InChI is InChI=1S/C21H26ClN3O4S/c1-24(2)30(27,28)17-8-9-19(22)18(14-17)21(26)23-15-20(16-6-4-3-5-7-16)25-10-12-29-13-11-25/h3-9,14,20H,10-13,15H2,1-2H3,(H,23,26)/t20-/m0/s1. The molecule has 9 heteroatoms. The Morgan fingerprint density at radius 1 is 1.17 bits per heavy atom. The summed E-state index contributed by atoms with van der Waals surface area (Å²) in [6.45, 7) is 3.20. The second kappa shape index (κ2) is 9.89. The van der Waals surface area contributed by atoms with Crippen molar-refractivity contribution in [1.82, 2.24) is 14.5 Å². The molecule has 2 aromatic rings. The average Bonchev–Trinajstić information content (AvgIpc) is 2.75. The number of ether oxygens (including phenoxy) is 1. The van der Waals surface area contributed by atoms with Crippen LogP contribution in [-0.2, 0) is 14.8 Å². The molecule has 1 N–H and O–H groups in total. The van der Waals surface area contributed by atoms with Crippen molar-refractivity contribution in [3.05, 3.63) is 64.7 Å². The van der Waals surface area contributed by atoms with Crippen molar-refractivity contribution in [3.8, 4) is 0 Å². The SMILES string of the molecule is CN(C)S(=O)(=O)c1ccc(Cl)c(C(=O)NC[C@@H](c2ccccc2)N2CCOCC2)c1. The van der Waals surface area contributed by atoms with Gasteiger partial charge in [0.1, 0.15) is 0 Å². The van der Waals surface area contributed by atoms with Crippen LogP contribution < -0.4 is 5.32 Å². The summed E-state index contributed by atoms with van der Waals surface area (Å²) in [6, 6.07) is 14.1. The Bertz CT molecular complexity index is 977. The first kappa shape index (κ1) is 22.7. The molecule has 1 atom stereocenters. The van der Waals surface area contributed by atoms with Crippen LogP contribution in [0.3, 0.4) is 0 Å². The molecule has 1 heterocycles. The van der Waals surface area contributed by atoms with Crippen molar-refractivity contribution in [3.63, 3.8) is 0 Å². The molecule has 0 saturated carbocycles. The summed E-state index contributed by atoms with van der Waals surface area (Å²) in [6.07, 6.45) is 0. The topological polar surface area (TPSA) is 79.0 Å². The molecule has 1 aliphatic rings. The van der Waals surface area contributed by atoms with E-state index in [1.807, 2.05) is 30.3 Å². The number of nitrogens with zero attached hydrogens (tertiary/aromatic N) is 2. The normalized spacial score (nSPS) is 16.4. The summed E-state index contributed by atoms with van der Waals surface area (Å²) in [7, 11) is -0.787. The molecular formula is C21H26ClN3O4S. The molecule has 1 amide bonds. The lowest BCUT2D eigenvalue weighted by atomic mass is 10.0. The van der Waals surface area contributed by atoms with Gasteiger partial charge in [-0.3, -0.25) is 9.69 Å². The van der Waals surface area contributed by atoms with E-state index >= 15 is 0 Å². The first-order chi connectivity index (χ1) is 14.3. The Labute approximate surface area is 182 Å². The maximum Gasteiger partial charge on any atom is 0.252 e. The van der Waals surface area contributed by atoms with Gasteiger partial charge in [-0.1, -0.05) is 41.9 Å². The van der Waals surface area contributed by atoms with E-state index in [2.05, 4.69) is 10.2 Å². The molecule has 1 fully saturated rings. The third-order valence-corrected chi connectivity index (χ3v) is 7.23. The molecule has 0 unspecified atom stereocenters. The van der Waals surface area contributed by atoms with Crippen LogP contribution in [-0.4, -0.2) is 70.5 Å². The molecule has 1 saturated heterocycles. The summed E-state index contributed by atoms with van der Waals surface area (Å²) < 4.78 is 31.4. The number of hydrogen-bond donors (Lipinski definition) is 1. The van der Waals surface area contributed by atoms with E-state index in [1.165, 1.54) is 32.3 Å². The van der Waals surface area contributed by atoms with Gasteiger partial charge < -0.3 is 10.1 Å². The van der Waals surface area contributed by atoms with Gasteiger partial charge in [0.05, 0.1) is 34.7 Å². The quantitative estimate of drug-likeness (QED) is 0.699. The number of morpholine rings is 1. The first-order valence-electron chi connectivity index (χ1n) is 9.67. The Hall–Kier alpha value is -1.97. The van der Waals surface area contributed by atoms with Crippen molar-refractivity contribution in [1.29, 1.82) is 0 Å². The van der Waals surface area contributed by atoms with Crippen LogP contribution >= 0.6 is 11.6 Å².